The normalized spacial score (nSPS) is 11.0. The Morgan fingerprint density at radius 3 is 2.92 bits per heavy atom. The summed E-state index contributed by atoms with van der Waals surface area (Å²) in [7, 11) is 1.75. The number of rotatable bonds is 1. The Hall–Kier alpha value is -1.38. The van der Waals surface area contributed by atoms with Gasteiger partial charge in [-0.05, 0) is 24.1 Å². The summed E-state index contributed by atoms with van der Waals surface area (Å²) >= 11 is 0. The summed E-state index contributed by atoms with van der Waals surface area (Å²) in [5, 5.41) is 4.88. The van der Waals surface area contributed by atoms with Crippen LogP contribution in [0.15, 0.2) is 18.3 Å². The third-order valence-electron chi connectivity index (χ3n) is 2.25. The first-order valence-corrected chi connectivity index (χ1v) is 4.32. The third-order valence-corrected chi connectivity index (χ3v) is 2.25. The van der Waals surface area contributed by atoms with Crippen molar-refractivity contribution in [2.45, 2.75) is 13.3 Å². The molecule has 1 aromatic heterocycles. The van der Waals surface area contributed by atoms with Gasteiger partial charge in [-0.15, -0.1) is 0 Å². The van der Waals surface area contributed by atoms with Crippen LogP contribution in [0.2, 0.25) is 0 Å². The maximum absolute atomic E-state index is 13.5. The number of hydrogen-bond donors (Lipinski definition) is 0. The zero-order valence-electron chi connectivity index (χ0n) is 7.71. The predicted molar refractivity (Wildman–Crippen MR) is 50.1 cm³/mol. The molecule has 68 valence electrons. The van der Waals surface area contributed by atoms with Crippen molar-refractivity contribution >= 4 is 10.9 Å². The van der Waals surface area contributed by atoms with E-state index >= 15 is 0 Å². The lowest BCUT2D eigenvalue weighted by Gasteiger charge is -1.99. The third kappa shape index (κ3) is 1.20. The van der Waals surface area contributed by atoms with Gasteiger partial charge in [0, 0.05) is 12.4 Å². The molecule has 0 aliphatic carbocycles. The quantitative estimate of drug-likeness (QED) is 0.655. The summed E-state index contributed by atoms with van der Waals surface area (Å²) in [5.74, 6) is -0.186. The fraction of sp³-hybridized carbons (Fsp3) is 0.300. The van der Waals surface area contributed by atoms with Crippen LogP contribution in [0.4, 0.5) is 4.39 Å². The monoisotopic (exact) mass is 178 g/mol. The first-order valence-electron chi connectivity index (χ1n) is 4.32. The van der Waals surface area contributed by atoms with Gasteiger partial charge in [-0.1, -0.05) is 6.92 Å². The molecule has 0 bridgehead atoms. The number of fused-ring (bicyclic) bond motifs is 1. The summed E-state index contributed by atoms with van der Waals surface area (Å²) < 4.78 is 15.0. The van der Waals surface area contributed by atoms with Crippen molar-refractivity contribution < 1.29 is 4.39 Å². The average molecular weight is 178 g/mol. The Bertz CT molecular complexity index is 445. The Kier molecular flexibility index (Phi) is 1.79. The van der Waals surface area contributed by atoms with Crippen LogP contribution in [0.25, 0.3) is 10.9 Å². The van der Waals surface area contributed by atoms with Crippen molar-refractivity contribution in [3.63, 3.8) is 0 Å². The summed E-state index contributed by atoms with van der Waals surface area (Å²) in [6.45, 7) is 2.01. The van der Waals surface area contributed by atoms with Gasteiger partial charge in [0.25, 0.3) is 0 Å². The molecule has 2 rings (SSSR count). The predicted octanol–water partition coefficient (Wildman–Crippen LogP) is 2.27. The molecule has 0 N–H and O–H groups in total. The van der Waals surface area contributed by atoms with Crippen molar-refractivity contribution in [2.75, 3.05) is 0 Å². The molecule has 0 aliphatic heterocycles. The lowest BCUT2D eigenvalue weighted by atomic mass is 10.1. The van der Waals surface area contributed by atoms with Gasteiger partial charge in [0.05, 0.1) is 6.20 Å². The number of aromatic nitrogens is 2. The van der Waals surface area contributed by atoms with Crippen molar-refractivity contribution in [3.05, 3.63) is 29.7 Å². The first-order chi connectivity index (χ1) is 6.22. The van der Waals surface area contributed by atoms with E-state index in [4.69, 9.17) is 0 Å². The highest BCUT2D eigenvalue weighted by Gasteiger charge is 2.06. The van der Waals surface area contributed by atoms with Gasteiger partial charge in [0.2, 0.25) is 0 Å². The van der Waals surface area contributed by atoms with Gasteiger partial charge in [0.1, 0.15) is 11.3 Å². The van der Waals surface area contributed by atoms with Gasteiger partial charge in [-0.3, -0.25) is 4.68 Å². The van der Waals surface area contributed by atoms with Crippen molar-refractivity contribution in [3.8, 4) is 0 Å². The van der Waals surface area contributed by atoms with Crippen LogP contribution in [0, 0.1) is 5.82 Å². The van der Waals surface area contributed by atoms with Crippen LogP contribution in [0.3, 0.4) is 0 Å². The molecule has 0 atom stereocenters. The van der Waals surface area contributed by atoms with Gasteiger partial charge in [-0.25, -0.2) is 4.39 Å². The molecule has 0 spiro atoms. The van der Waals surface area contributed by atoms with E-state index in [9.17, 15) is 4.39 Å². The number of halogens is 1. The van der Waals surface area contributed by atoms with Crippen LogP contribution in [0.1, 0.15) is 12.5 Å². The Morgan fingerprint density at radius 2 is 2.23 bits per heavy atom. The molecular formula is C10H11FN2. The first kappa shape index (κ1) is 8.23. The molecule has 0 amide bonds. The number of hydrogen-bond acceptors (Lipinski definition) is 1. The van der Waals surface area contributed by atoms with E-state index < -0.39 is 0 Å². The largest absolute Gasteiger partial charge is 0.265 e. The van der Waals surface area contributed by atoms with Crippen LogP contribution in [-0.4, -0.2) is 9.78 Å². The minimum absolute atomic E-state index is 0.186. The van der Waals surface area contributed by atoms with E-state index in [0.717, 1.165) is 17.4 Å². The SMILES string of the molecule is CCc1cc(F)c2c(cnn2C)c1. The standard InChI is InChI=1S/C10H11FN2/c1-3-7-4-8-6-12-13(2)10(8)9(11)5-7/h4-6H,3H2,1-2H3. The second kappa shape index (κ2) is 2.83. The minimum atomic E-state index is -0.186. The molecule has 0 aliphatic rings. The number of aryl methyl sites for hydroxylation is 2. The van der Waals surface area contributed by atoms with E-state index in [0.29, 0.717) is 5.52 Å². The second-order valence-corrected chi connectivity index (χ2v) is 3.14. The fourth-order valence-corrected chi connectivity index (χ4v) is 1.53. The smallest absolute Gasteiger partial charge is 0.149 e. The molecule has 1 heterocycles. The molecule has 0 fully saturated rings. The van der Waals surface area contributed by atoms with Crippen LogP contribution in [0.5, 0.6) is 0 Å². The highest BCUT2D eigenvalue weighted by molar-refractivity contribution is 5.79. The molecule has 0 radical (unpaired) electrons. The van der Waals surface area contributed by atoms with E-state index in [2.05, 4.69) is 5.10 Å². The Balaban J connectivity index is 2.79. The molecule has 13 heavy (non-hydrogen) atoms. The summed E-state index contributed by atoms with van der Waals surface area (Å²) in [5.41, 5.74) is 1.59. The van der Waals surface area contributed by atoms with Crippen LogP contribution >= 0.6 is 0 Å². The second-order valence-electron chi connectivity index (χ2n) is 3.14. The van der Waals surface area contributed by atoms with Gasteiger partial charge in [-0.2, -0.15) is 5.10 Å². The highest BCUT2D eigenvalue weighted by atomic mass is 19.1. The zero-order chi connectivity index (χ0) is 9.42. The molecule has 0 saturated heterocycles. The van der Waals surface area contributed by atoms with E-state index in [1.807, 2.05) is 13.0 Å². The summed E-state index contributed by atoms with van der Waals surface area (Å²) in [6.07, 6.45) is 2.54. The Morgan fingerprint density at radius 1 is 1.46 bits per heavy atom. The summed E-state index contributed by atoms with van der Waals surface area (Å²) in [6, 6.07) is 3.55. The summed E-state index contributed by atoms with van der Waals surface area (Å²) in [4.78, 5) is 0. The molecular weight excluding hydrogens is 167 g/mol. The van der Waals surface area contributed by atoms with Crippen LogP contribution < -0.4 is 0 Å². The Labute approximate surface area is 76.0 Å². The lowest BCUT2D eigenvalue weighted by Crippen LogP contribution is -1.92. The molecule has 0 saturated carbocycles. The maximum Gasteiger partial charge on any atom is 0.149 e. The number of benzene rings is 1. The molecule has 3 heteroatoms. The molecule has 1 aromatic carbocycles. The zero-order valence-corrected chi connectivity index (χ0v) is 7.71. The van der Waals surface area contributed by atoms with E-state index in [1.165, 1.54) is 0 Å². The van der Waals surface area contributed by atoms with E-state index in [-0.39, 0.29) is 5.82 Å². The lowest BCUT2D eigenvalue weighted by molar-refractivity contribution is 0.624. The topological polar surface area (TPSA) is 17.8 Å². The molecule has 2 aromatic rings. The highest BCUT2D eigenvalue weighted by Crippen LogP contribution is 2.19. The average Bonchev–Trinajstić information content (AvgIpc) is 2.48. The van der Waals surface area contributed by atoms with Crippen molar-refractivity contribution in [1.29, 1.82) is 0 Å². The van der Waals surface area contributed by atoms with E-state index in [1.54, 1.807) is 24.0 Å². The number of nitrogens with zero attached hydrogens (tertiary/aromatic N) is 2. The molecule has 2 nitrogen and oxygen atoms in total. The fourth-order valence-electron chi connectivity index (χ4n) is 1.53. The maximum atomic E-state index is 13.5. The minimum Gasteiger partial charge on any atom is -0.265 e. The van der Waals surface area contributed by atoms with Crippen molar-refractivity contribution in [1.82, 2.24) is 9.78 Å². The molecule has 0 unspecified atom stereocenters. The van der Waals surface area contributed by atoms with Crippen LogP contribution in [-0.2, 0) is 13.5 Å². The van der Waals surface area contributed by atoms with Gasteiger partial charge < -0.3 is 0 Å². The van der Waals surface area contributed by atoms with Crippen molar-refractivity contribution in [2.24, 2.45) is 7.05 Å². The van der Waals surface area contributed by atoms with Gasteiger partial charge >= 0.3 is 0 Å². The van der Waals surface area contributed by atoms with Gasteiger partial charge in [0.15, 0.2) is 0 Å².